The molecule has 152 valence electrons. The van der Waals surface area contributed by atoms with Gasteiger partial charge in [0, 0.05) is 12.1 Å². The first-order valence-corrected chi connectivity index (χ1v) is 11.5. The van der Waals surface area contributed by atoms with Crippen LogP contribution in [0.3, 0.4) is 0 Å². The molecule has 0 spiro atoms. The fourth-order valence-corrected chi connectivity index (χ4v) is 4.33. The van der Waals surface area contributed by atoms with Crippen LogP contribution >= 0.6 is 24.0 Å². The largest absolute Gasteiger partial charge is 0.488 e. The van der Waals surface area contributed by atoms with Gasteiger partial charge in [-0.25, -0.2) is 0 Å². The van der Waals surface area contributed by atoms with Gasteiger partial charge in [-0.05, 0) is 24.6 Å². The summed E-state index contributed by atoms with van der Waals surface area (Å²) in [7, 11) is -4.18. The van der Waals surface area contributed by atoms with E-state index in [1.807, 2.05) is 55.5 Å². The molecule has 0 saturated carbocycles. The molecule has 2 aromatic rings. The van der Waals surface area contributed by atoms with E-state index in [1.54, 1.807) is 6.08 Å². The predicted octanol–water partition coefficient (Wildman–Crippen LogP) is 3.66. The first-order chi connectivity index (χ1) is 13.7. The van der Waals surface area contributed by atoms with Gasteiger partial charge in [0.25, 0.3) is 16.0 Å². The molecule has 9 heteroatoms. The Balaban J connectivity index is 1.75. The number of hydrogen-bond acceptors (Lipinski definition) is 6. The number of benzene rings is 2. The molecule has 0 unspecified atom stereocenters. The number of nitrogens with zero attached hydrogens (tertiary/aromatic N) is 1. The van der Waals surface area contributed by atoms with Gasteiger partial charge in [0.15, 0.2) is 0 Å². The quantitative estimate of drug-likeness (QED) is 0.392. The van der Waals surface area contributed by atoms with Crippen molar-refractivity contribution < 1.29 is 22.5 Å². The van der Waals surface area contributed by atoms with Crippen LogP contribution in [0.25, 0.3) is 6.08 Å². The third-order valence-electron chi connectivity index (χ3n) is 4.17. The lowest BCUT2D eigenvalue weighted by Crippen LogP contribution is -2.32. The normalized spacial score (nSPS) is 15.9. The molecule has 1 fully saturated rings. The molecule has 6 nitrogen and oxygen atoms in total. The van der Waals surface area contributed by atoms with E-state index in [0.29, 0.717) is 17.3 Å². The third kappa shape index (κ3) is 5.89. The minimum absolute atomic E-state index is 0.188. The molecule has 0 atom stereocenters. The molecule has 1 amide bonds. The lowest BCUT2D eigenvalue weighted by Gasteiger charge is -2.12. The summed E-state index contributed by atoms with van der Waals surface area (Å²) < 4.78 is 37.0. The molecular formula is C20H19NO5S3. The maximum Gasteiger partial charge on any atom is 0.266 e. The molecule has 0 aromatic heterocycles. The van der Waals surface area contributed by atoms with Gasteiger partial charge in [0.1, 0.15) is 16.7 Å². The maximum atomic E-state index is 12.6. The number of amides is 1. The highest BCUT2D eigenvalue weighted by atomic mass is 32.2. The topological polar surface area (TPSA) is 83.9 Å². The van der Waals surface area contributed by atoms with Gasteiger partial charge in [0.05, 0.1) is 10.7 Å². The molecule has 29 heavy (non-hydrogen) atoms. The Labute approximate surface area is 179 Å². The number of carbonyl (C=O) groups is 1. The van der Waals surface area contributed by atoms with E-state index in [9.17, 15) is 13.2 Å². The summed E-state index contributed by atoms with van der Waals surface area (Å²) in [6.45, 7) is 2.22. The highest BCUT2D eigenvalue weighted by Gasteiger charge is 2.32. The Morgan fingerprint density at radius 2 is 1.86 bits per heavy atom. The summed E-state index contributed by atoms with van der Waals surface area (Å²) in [5.41, 5.74) is 2.92. The fraction of sp³-hybridized carbons (Fsp3) is 0.200. The lowest BCUT2D eigenvalue weighted by atomic mass is 10.1. The number of aryl methyl sites for hydroxylation is 1. The van der Waals surface area contributed by atoms with Gasteiger partial charge in [-0.1, -0.05) is 72.0 Å². The number of thioether (sulfide) groups is 1. The second kappa shape index (κ2) is 9.08. The Kier molecular flexibility index (Phi) is 6.74. The van der Waals surface area contributed by atoms with Crippen LogP contribution in [-0.4, -0.2) is 40.4 Å². The van der Waals surface area contributed by atoms with Crippen molar-refractivity contribution in [1.82, 2.24) is 4.90 Å². The number of para-hydroxylation sites is 1. The zero-order chi connectivity index (χ0) is 21.0. The van der Waals surface area contributed by atoms with Crippen molar-refractivity contribution in [2.45, 2.75) is 13.5 Å². The molecule has 0 radical (unpaired) electrons. The van der Waals surface area contributed by atoms with Crippen LogP contribution < -0.4 is 4.74 Å². The smallest absolute Gasteiger partial charge is 0.266 e. The van der Waals surface area contributed by atoms with E-state index in [0.717, 1.165) is 22.9 Å². The van der Waals surface area contributed by atoms with E-state index in [2.05, 4.69) is 0 Å². The SMILES string of the molecule is Cc1ccc(COc2ccccc2/C=C2\SC(=S)N(CCS(=O)(=O)O)C2=O)cc1. The van der Waals surface area contributed by atoms with Crippen LogP contribution in [0.1, 0.15) is 16.7 Å². The van der Waals surface area contributed by atoms with Crippen molar-refractivity contribution in [1.29, 1.82) is 0 Å². The standard InChI is InChI=1S/C20H19NO5S3/c1-14-6-8-15(9-7-14)13-26-17-5-3-2-4-16(17)12-18-19(22)21(20(27)28-18)10-11-29(23,24)25/h2-9,12H,10-11,13H2,1H3,(H,23,24,25)/b18-12-. The Bertz CT molecular complexity index is 1060. The van der Waals surface area contributed by atoms with Gasteiger partial charge in [-0.15, -0.1) is 0 Å². The van der Waals surface area contributed by atoms with Crippen molar-refractivity contribution >= 4 is 50.4 Å². The Morgan fingerprint density at radius 1 is 1.17 bits per heavy atom. The molecule has 0 bridgehead atoms. The van der Waals surface area contributed by atoms with Crippen LogP contribution in [0.15, 0.2) is 53.4 Å². The number of hydrogen-bond donors (Lipinski definition) is 1. The first-order valence-electron chi connectivity index (χ1n) is 8.71. The van der Waals surface area contributed by atoms with Crippen molar-refractivity contribution in [3.05, 3.63) is 70.1 Å². The summed E-state index contributed by atoms with van der Waals surface area (Å²) in [6.07, 6.45) is 1.68. The van der Waals surface area contributed by atoms with Gasteiger partial charge < -0.3 is 4.74 Å². The third-order valence-corrected chi connectivity index (χ3v) is 6.24. The van der Waals surface area contributed by atoms with Crippen LogP contribution in [0.2, 0.25) is 0 Å². The maximum absolute atomic E-state index is 12.6. The average molecular weight is 450 g/mol. The molecule has 3 rings (SSSR count). The van der Waals surface area contributed by atoms with Crippen LogP contribution in [-0.2, 0) is 21.5 Å². The van der Waals surface area contributed by atoms with Crippen LogP contribution in [0, 0.1) is 6.92 Å². The van der Waals surface area contributed by atoms with Crippen LogP contribution in [0.5, 0.6) is 5.75 Å². The van der Waals surface area contributed by atoms with E-state index in [-0.39, 0.29) is 10.9 Å². The molecule has 0 aliphatic carbocycles. The van der Waals surface area contributed by atoms with E-state index in [4.69, 9.17) is 21.5 Å². The molecular weight excluding hydrogens is 430 g/mol. The van der Waals surface area contributed by atoms with Crippen molar-refractivity contribution in [2.24, 2.45) is 0 Å². The molecule has 1 N–H and O–H groups in total. The first kappa shape index (κ1) is 21.5. The van der Waals surface area contributed by atoms with Crippen molar-refractivity contribution in [3.63, 3.8) is 0 Å². The van der Waals surface area contributed by atoms with Gasteiger partial charge in [0.2, 0.25) is 0 Å². The van der Waals surface area contributed by atoms with Gasteiger partial charge in [-0.3, -0.25) is 14.2 Å². The summed E-state index contributed by atoms with van der Waals surface area (Å²) in [5.74, 6) is -0.337. The van der Waals surface area contributed by atoms with Crippen molar-refractivity contribution in [3.8, 4) is 5.75 Å². The molecule has 2 aromatic carbocycles. The molecule has 1 saturated heterocycles. The second-order valence-corrected chi connectivity index (χ2v) is 9.68. The zero-order valence-electron chi connectivity index (χ0n) is 15.6. The monoisotopic (exact) mass is 449 g/mol. The van der Waals surface area contributed by atoms with Crippen LogP contribution in [0.4, 0.5) is 0 Å². The Morgan fingerprint density at radius 3 is 2.55 bits per heavy atom. The fourth-order valence-electron chi connectivity index (χ4n) is 2.62. The Hall–Kier alpha value is -2.20. The highest BCUT2D eigenvalue weighted by Crippen LogP contribution is 2.34. The number of thiocarbonyl (C=S) groups is 1. The van der Waals surface area contributed by atoms with E-state index >= 15 is 0 Å². The lowest BCUT2D eigenvalue weighted by molar-refractivity contribution is -0.121. The van der Waals surface area contributed by atoms with E-state index < -0.39 is 21.8 Å². The highest BCUT2D eigenvalue weighted by molar-refractivity contribution is 8.26. The molecule has 1 heterocycles. The molecule has 1 aliphatic heterocycles. The van der Waals surface area contributed by atoms with Crippen molar-refractivity contribution in [2.75, 3.05) is 12.3 Å². The van der Waals surface area contributed by atoms with Gasteiger partial charge >= 0.3 is 0 Å². The summed E-state index contributed by atoms with van der Waals surface area (Å²) in [6, 6.07) is 15.4. The van der Waals surface area contributed by atoms with Gasteiger partial charge in [-0.2, -0.15) is 8.42 Å². The number of ether oxygens (including phenoxy) is 1. The molecule has 1 aliphatic rings. The minimum atomic E-state index is -4.18. The zero-order valence-corrected chi connectivity index (χ0v) is 18.0. The van der Waals surface area contributed by atoms with E-state index in [1.165, 1.54) is 10.5 Å². The average Bonchev–Trinajstić information content (AvgIpc) is 2.93. The summed E-state index contributed by atoms with van der Waals surface area (Å²) in [4.78, 5) is 14.1. The predicted molar refractivity (Wildman–Crippen MR) is 118 cm³/mol. The number of carbonyl (C=O) groups excluding carboxylic acids is 1. The summed E-state index contributed by atoms with van der Waals surface area (Å²) in [5, 5.41) is 0. The number of rotatable bonds is 7. The summed E-state index contributed by atoms with van der Waals surface area (Å²) >= 11 is 6.27. The minimum Gasteiger partial charge on any atom is -0.488 e. The second-order valence-electron chi connectivity index (χ2n) is 6.43.